The van der Waals surface area contributed by atoms with Crippen LogP contribution >= 0.6 is 34.5 Å². The Balaban J connectivity index is 1.30. The largest absolute Gasteiger partial charge is 0.508 e. The minimum atomic E-state index is -0.819. The van der Waals surface area contributed by atoms with Crippen molar-refractivity contribution in [1.82, 2.24) is 15.2 Å². The van der Waals surface area contributed by atoms with Crippen molar-refractivity contribution in [3.8, 4) is 17.2 Å². The maximum atomic E-state index is 13.6. The second-order valence-electron chi connectivity index (χ2n) is 11.8. The number of hydrogen-bond acceptors (Lipinski definition) is 11. The van der Waals surface area contributed by atoms with E-state index in [9.17, 15) is 14.7 Å². The summed E-state index contributed by atoms with van der Waals surface area (Å²) in [5.74, 6) is 0.396. The highest BCUT2D eigenvalue weighted by Gasteiger charge is 2.27. The van der Waals surface area contributed by atoms with Crippen molar-refractivity contribution < 1.29 is 33.6 Å². The summed E-state index contributed by atoms with van der Waals surface area (Å²) < 4.78 is 22.7. The summed E-state index contributed by atoms with van der Waals surface area (Å²) in [6.45, 7) is 2.55. The zero-order valence-electron chi connectivity index (χ0n) is 27.5. The first-order chi connectivity index (χ1) is 23.6. The number of phenolic OH excluding ortho intramolecular Hbond substituents is 1. The monoisotopic (exact) mass is 727 g/mol. The number of aromatic hydroxyl groups is 1. The summed E-state index contributed by atoms with van der Waals surface area (Å²) >= 11 is 14.1. The molecule has 0 aliphatic carbocycles. The smallest absolute Gasteiger partial charge is 0.348 e. The topological polar surface area (TPSA) is 119 Å². The third-order valence-corrected chi connectivity index (χ3v) is 10.2. The van der Waals surface area contributed by atoms with E-state index in [1.165, 1.54) is 30.8 Å². The number of carbonyl (C=O) groups is 2. The SMILES string of the molecule is COc1ccc([C@H](Cc2c(Cl)cncc2Cl)OC(=O)c2ccc(CNC(C(=O)OCC3CCN(C)CC3)c3cccc(O)c3)s2)cc1OC. The van der Waals surface area contributed by atoms with Crippen LogP contribution in [0.1, 0.15) is 56.2 Å². The van der Waals surface area contributed by atoms with Crippen LogP contribution in [0.15, 0.2) is 67.0 Å². The van der Waals surface area contributed by atoms with Crippen molar-refractivity contribution in [2.75, 3.05) is 41.0 Å². The number of carbonyl (C=O) groups excluding carboxylic acids is 2. The summed E-state index contributed by atoms with van der Waals surface area (Å²) in [5, 5.41) is 14.1. The van der Waals surface area contributed by atoms with Gasteiger partial charge in [-0.3, -0.25) is 10.3 Å². The molecule has 13 heteroatoms. The molecule has 1 aliphatic heterocycles. The predicted molar refractivity (Wildman–Crippen MR) is 189 cm³/mol. The summed E-state index contributed by atoms with van der Waals surface area (Å²) in [4.78, 5) is 34.4. The molecule has 0 amide bonds. The number of nitrogens with one attached hydrogen (secondary N) is 1. The quantitative estimate of drug-likeness (QED) is 0.131. The number of esters is 2. The molecule has 49 heavy (non-hydrogen) atoms. The zero-order valence-corrected chi connectivity index (χ0v) is 29.8. The molecule has 2 aromatic heterocycles. The van der Waals surface area contributed by atoms with Gasteiger partial charge in [-0.1, -0.05) is 41.4 Å². The molecule has 1 fully saturated rings. The molecule has 1 saturated heterocycles. The van der Waals surface area contributed by atoms with Gasteiger partial charge in [0.2, 0.25) is 0 Å². The van der Waals surface area contributed by atoms with E-state index in [4.69, 9.17) is 42.1 Å². The van der Waals surface area contributed by atoms with Crippen LogP contribution in [0.5, 0.6) is 17.2 Å². The van der Waals surface area contributed by atoms with E-state index in [0.29, 0.717) is 55.6 Å². The first-order valence-electron chi connectivity index (χ1n) is 15.8. The van der Waals surface area contributed by atoms with Gasteiger partial charge in [-0.25, -0.2) is 9.59 Å². The normalized spacial score (nSPS) is 15.0. The molecule has 10 nitrogen and oxygen atoms in total. The Bertz CT molecular complexity index is 1730. The fourth-order valence-corrected chi connectivity index (χ4v) is 6.99. The molecule has 1 aliphatic rings. The fourth-order valence-electron chi connectivity index (χ4n) is 5.63. The van der Waals surface area contributed by atoms with Gasteiger partial charge >= 0.3 is 11.9 Å². The lowest BCUT2D eigenvalue weighted by Crippen LogP contribution is -2.34. The lowest BCUT2D eigenvalue weighted by Gasteiger charge is -2.29. The summed E-state index contributed by atoms with van der Waals surface area (Å²) in [5.41, 5.74) is 1.82. The van der Waals surface area contributed by atoms with Crippen LogP contribution in [0.2, 0.25) is 10.0 Å². The molecule has 0 radical (unpaired) electrons. The van der Waals surface area contributed by atoms with Crippen LogP contribution in [0.4, 0.5) is 0 Å². The average molecular weight is 729 g/mol. The third-order valence-electron chi connectivity index (χ3n) is 8.45. The van der Waals surface area contributed by atoms with Crippen molar-refractivity contribution >= 4 is 46.5 Å². The zero-order chi connectivity index (χ0) is 34.9. The molecule has 1 unspecified atom stereocenters. The summed E-state index contributed by atoms with van der Waals surface area (Å²) in [7, 11) is 5.16. The number of likely N-dealkylation sites (tertiary alicyclic amines) is 1. The summed E-state index contributed by atoms with van der Waals surface area (Å²) in [6.07, 6.45) is 4.33. The Morgan fingerprint density at radius 1 is 1.00 bits per heavy atom. The van der Waals surface area contributed by atoms with Gasteiger partial charge in [-0.05, 0) is 92.0 Å². The predicted octanol–water partition coefficient (Wildman–Crippen LogP) is 7.03. The Kier molecular flexibility index (Phi) is 12.8. The van der Waals surface area contributed by atoms with Crippen LogP contribution < -0.4 is 14.8 Å². The highest BCUT2D eigenvalue weighted by Crippen LogP contribution is 2.36. The van der Waals surface area contributed by atoms with E-state index in [2.05, 4.69) is 22.2 Å². The van der Waals surface area contributed by atoms with Gasteiger partial charge in [0.25, 0.3) is 0 Å². The van der Waals surface area contributed by atoms with Gasteiger partial charge in [0, 0.05) is 30.2 Å². The molecule has 5 rings (SSSR count). The van der Waals surface area contributed by atoms with Crippen LogP contribution in [-0.4, -0.2) is 67.9 Å². The Labute approximate surface area is 299 Å². The Morgan fingerprint density at radius 3 is 2.43 bits per heavy atom. The molecular weight excluding hydrogens is 689 g/mol. The molecule has 2 aromatic carbocycles. The van der Waals surface area contributed by atoms with E-state index >= 15 is 0 Å². The van der Waals surface area contributed by atoms with Crippen molar-refractivity contribution in [1.29, 1.82) is 0 Å². The van der Waals surface area contributed by atoms with E-state index in [1.807, 2.05) is 0 Å². The Morgan fingerprint density at radius 2 is 1.73 bits per heavy atom. The molecule has 2 atom stereocenters. The number of benzene rings is 2. The van der Waals surface area contributed by atoms with E-state index in [0.717, 1.165) is 30.8 Å². The number of thiophene rings is 1. The first-order valence-corrected chi connectivity index (χ1v) is 17.4. The first kappa shape index (κ1) is 36.4. The molecule has 0 bridgehead atoms. The second-order valence-corrected chi connectivity index (χ2v) is 13.8. The van der Waals surface area contributed by atoms with Crippen LogP contribution in [0, 0.1) is 5.92 Å². The van der Waals surface area contributed by atoms with Crippen molar-refractivity contribution in [3.05, 3.63) is 103 Å². The van der Waals surface area contributed by atoms with Gasteiger partial charge in [0.15, 0.2) is 11.5 Å². The van der Waals surface area contributed by atoms with E-state index in [-0.39, 0.29) is 18.7 Å². The molecule has 4 aromatic rings. The number of aromatic nitrogens is 1. The van der Waals surface area contributed by atoms with Gasteiger partial charge < -0.3 is 29.0 Å². The van der Waals surface area contributed by atoms with Crippen LogP contribution in [-0.2, 0) is 27.2 Å². The average Bonchev–Trinajstić information content (AvgIpc) is 3.58. The maximum Gasteiger partial charge on any atom is 0.348 e. The summed E-state index contributed by atoms with van der Waals surface area (Å²) in [6, 6.07) is 14.5. The molecule has 0 saturated carbocycles. The fraction of sp³-hybridized carbons (Fsp3) is 0.361. The number of halogens is 2. The van der Waals surface area contributed by atoms with Gasteiger partial charge in [-0.2, -0.15) is 0 Å². The number of pyridine rings is 1. The number of rotatable bonds is 14. The number of ether oxygens (including phenoxy) is 4. The highest BCUT2D eigenvalue weighted by atomic mass is 35.5. The minimum Gasteiger partial charge on any atom is -0.508 e. The number of piperidine rings is 1. The second kappa shape index (κ2) is 17.2. The molecular formula is C36H39Cl2N3O7S. The lowest BCUT2D eigenvalue weighted by atomic mass is 9.98. The number of methoxy groups -OCH3 is 2. The maximum absolute atomic E-state index is 13.6. The minimum absolute atomic E-state index is 0.0481. The molecule has 2 N–H and O–H groups in total. The molecule has 260 valence electrons. The number of nitrogens with zero attached hydrogens (tertiary/aromatic N) is 2. The highest BCUT2D eigenvalue weighted by molar-refractivity contribution is 7.13. The Hall–Kier alpha value is -3.87. The van der Waals surface area contributed by atoms with Crippen LogP contribution in [0.3, 0.4) is 0 Å². The van der Waals surface area contributed by atoms with Crippen molar-refractivity contribution in [3.63, 3.8) is 0 Å². The van der Waals surface area contributed by atoms with E-state index < -0.39 is 24.1 Å². The van der Waals surface area contributed by atoms with Gasteiger partial charge in [0.05, 0.1) is 30.9 Å². The van der Waals surface area contributed by atoms with Crippen molar-refractivity contribution in [2.24, 2.45) is 5.92 Å². The van der Waals surface area contributed by atoms with Gasteiger partial charge in [0.1, 0.15) is 22.8 Å². The lowest BCUT2D eigenvalue weighted by molar-refractivity contribution is -0.148. The molecule has 3 heterocycles. The van der Waals surface area contributed by atoms with E-state index in [1.54, 1.807) is 61.7 Å². The standard InChI is InChI=1S/C36H39Cl2N3O7S/c1-41-13-11-22(12-14-41)21-47-36(44)34(24-5-4-6-25(42)15-24)40-18-26-8-10-33(49-26)35(43)48-31(17-27-28(37)19-39-20-29(27)38)23-7-9-30(45-2)32(16-23)46-3/h4-10,15-16,19-20,22,31,34,40,42H,11-14,17-18,21H2,1-3H3/t31-,34?/m0/s1. The van der Waals surface area contributed by atoms with Crippen LogP contribution in [0.25, 0.3) is 0 Å². The van der Waals surface area contributed by atoms with Crippen molar-refractivity contribution in [2.45, 2.75) is 38.0 Å². The van der Waals surface area contributed by atoms with Gasteiger partial charge in [-0.15, -0.1) is 11.3 Å². The molecule has 0 spiro atoms. The number of hydrogen-bond donors (Lipinski definition) is 2. The third kappa shape index (κ3) is 9.64. The number of phenols is 1.